The van der Waals surface area contributed by atoms with Crippen LogP contribution in [0.2, 0.25) is 0 Å². The van der Waals surface area contributed by atoms with Crippen LogP contribution in [0.15, 0.2) is 24.3 Å². The van der Waals surface area contributed by atoms with Crippen molar-refractivity contribution in [3.63, 3.8) is 0 Å². The van der Waals surface area contributed by atoms with Crippen LogP contribution in [0.1, 0.15) is 57.1 Å². The van der Waals surface area contributed by atoms with Gasteiger partial charge in [-0.2, -0.15) is 0 Å². The highest BCUT2D eigenvalue weighted by molar-refractivity contribution is 5.36. The maximum atomic E-state index is 2.27. The van der Waals surface area contributed by atoms with Gasteiger partial charge in [0.15, 0.2) is 0 Å². The van der Waals surface area contributed by atoms with Gasteiger partial charge < -0.3 is 0 Å². The molecule has 1 rings (SSSR count). The normalized spacial score (nSPS) is 10.9. The zero-order valence-corrected chi connectivity index (χ0v) is 10.3. The zero-order chi connectivity index (χ0) is 11.1. The molecule has 0 atom stereocenters. The van der Waals surface area contributed by atoms with Crippen molar-refractivity contribution in [1.82, 2.24) is 0 Å². The van der Waals surface area contributed by atoms with E-state index in [0.717, 1.165) is 0 Å². The van der Waals surface area contributed by atoms with Gasteiger partial charge in [0.1, 0.15) is 0 Å². The molecule has 0 nitrogen and oxygen atoms in total. The minimum Gasteiger partial charge on any atom is -0.0654 e. The number of benzene rings is 1. The molecule has 0 aliphatic rings. The predicted molar refractivity (Wildman–Crippen MR) is 68.0 cm³/mol. The quantitative estimate of drug-likeness (QED) is 0.576. The second kappa shape index (κ2) is 6.66. The average Bonchev–Trinajstić information content (AvgIpc) is 2.25. The summed E-state index contributed by atoms with van der Waals surface area (Å²) in [6, 6.07) is 8.69. The first-order valence-corrected chi connectivity index (χ1v) is 6.14. The van der Waals surface area contributed by atoms with Crippen LogP contribution in [0.4, 0.5) is 0 Å². The number of hydrogen-bond acceptors (Lipinski definition) is 0. The number of unbranched alkanes of at least 4 members (excludes halogenated alkanes) is 3. The second-order valence-corrected chi connectivity index (χ2v) is 4.41. The molecular formula is C15H23. The molecule has 0 fully saturated rings. The van der Waals surface area contributed by atoms with Gasteiger partial charge in [0.25, 0.3) is 0 Å². The Morgan fingerprint density at radius 3 is 2.47 bits per heavy atom. The van der Waals surface area contributed by atoms with Gasteiger partial charge >= 0.3 is 0 Å². The van der Waals surface area contributed by atoms with Gasteiger partial charge in [0, 0.05) is 5.92 Å². The fourth-order valence-corrected chi connectivity index (χ4v) is 2.00. The summed E-state index contributed by atoms with van der Waals surface area (Å²) in [5.74, 6) is 1.55. The van der Waals surface area contributed by atoms with Crippen LogP contribution in [0, 0.1) is 12.8 Å². The van der Waals surface area contributed by atoms with E-state index in [-0.39, 0.29) is 0 Å². The molecule has 0 amide bonds. The summed E-state index contributed by atoms with van der Waals surface area (Å²) in [7, 11) is 0. The highest BCUT2D eigenvalue weighted by Gasteiger charge is 2.07. The molecular weight excluding hydrogens is 180 g/mol. The average molecular weight is 203 g/mol. The Balaban J connectivity index is 2.40. The van der Waals surface area contributed by atoms with Crippen molar-refractivity contribution in [3.8, 4) is 0 Å². The molecule has 0 N–H and O–H groups in total. The lowest BCUT2D eigenvalue weighted by Gasteiger charge is -2.13. The molecule has 0 saturated heterocycles. The maximum absolute atomic E-state index is 2.27. The SMILES string of the molecule is CCCCCC[C](C)c1ccccc1C. The Kier molecular flexibility index (Phi) is 5.45. The first-order valence-electron chi connectivity index (χ1n) is 6.14. The number of hydrogen-bond donors (Lipinski definition) is 0. The third-order valence-electron chi connectivity index (χ3n) is 3.01. The minimum atomic E-state index is 1.25. The molecule has 15 heavy (non-hydrogen) atoms. The Bertz CT molecular complexity index is 275. The van der Waals surface area contributed by atoms with E-state index in [2.05, 4.69) is 45.0 Å². The lowest BCUT2D eigenvalue weighted by molar-refractivity contribution is 0.645. The third-order valence-corrected chi connectivity index (χ3v) is 3.01. The van der Waals surface area contributed by atoms with Gasteiger partial charge in [-0.05, 0) is 24.5 Å². The van der Waals surface area contributed by atoms with E-state index in [0.29, 0.717) is 0 Å². The summed E-state index contributed by atoms with van der Waals surface area (Å²) in [5, 5.41) is 0. The van der Waals surface area contributed by atoms with Crippen LogP contribution in [0.3, 0.4) is 0 Å². The van der Waals surface area contributed by atoms with Gasteiger partial charge in [-0.15, -0.1) is 0 Å². The standard InChI is InChI=1S/C15H23/c1-4-5-6-7-10-13(2)15-12-9-8-11-14(15)3/h8-9,11-12H,4-7,10H2,1-3H3. The van der Waals surface area contributed by atoms with E-state index in [4.69, 9.17) is 0 Å². The molecule has 0 aliphatic carbocycles. The molecule has 0 spiro atoms. The van der Waals surface area contributed by atoms with Gasteiger partial charge in [0.2, 0.25) is 0 Å². The summed E-state index contributed by atoms with van der Waals surface area (Å²) < 4.78 is 0. The van der Waals surface area contributed by atoms with Crippen molar-refractivity contribution in [2.75, 3.05) is 0 Å². The first-order chi connectivity index (χ1) is 7.25. The van der Waals surface area contributed by atoms with Crippen LogP contribution < -0.4 is 0 Å². The molecule has 0 aromatic heterocycles. The Morgan fingerprint density at radius 1 is 1.07 bits per heavy atom. The Labute approximate surface area is 94.7 Å². The molecule has 1 aromatic rings. The smallest absolute Gasteiger partial charge is 0.00216 e. The van der Waals surface area contributed by atoms with E-state index < -0.39 is 0 Å². The van der Waals surface area contributed by atoms with Crippen LogP contribution in [-0.4, -0.2) is 0 Å². The summed E-state index contributed by atoms with van der Waals surface area (Å²) in [6.07, 6.45) is 6.67. The molecule has 0 aliphatic heterocycles. The fraction of sp³-hybridized carbons (Fsp3) is 0.533. The molecule has 1 radical (unpaired) electrons. The lowest BCUT2D eigenvalue weighted by Crippen LogP contribution is -1.97. The molecule has 0 heteroatoms. The molecule has 0 heterocycles. The van der Waals surface area contributed by atoms with Crippen molar-refractivity contribution in [2.24, 2.45) is 0 Å². The van der Waals surface area contributed by atoms with Crippen LogP contribution in [0.5, 0.6) is 0 Å². The van der Waals surface area contributed by atoms with Crippen LogP contribution in [-0.2, 0) is 0 Å². The molecule has 0 bridgehead atoms. The Hall–Kier alpha value is -0.780. The number of rotatable bonds is 6. The van der Waals surface area contributed by atoms with E-state index in [1.54, 1.807) is 5.92 Å². The highest BCUT2D eigenvalue weighted by Crippen LogP contribution is 2.23. The fourth-order valence-electron chi connectivity index (χ4n) is 2.00. The predicted octanol–water partition coefficient (Wildman–Crippen LogP) is 4.91. The summed E-state index contributed by atoms with van der Waals surface area (Å²) >= 11 is 0. The monoisotopic (exact) mass is 203 g/mol. The van der Waals surface area contributed by atoms with Crippen LogP contribution in [0.25, 0.3) is 0 Å². The van der Waals surface area contributed by atoms with Gasteiger partial charge in [0.05, 0.1) is 0 Å². The zero-order valence-electron chi connectivity index (χ0n) is 10.3. The minimum absolute atomic E-state index is 1.25. The van der Waals surface area contributed by atoms with Crippen molar-refractivity contribution in [3.05, 3.63) is 41.3 Å². The van der Waals surface area contributed by atoms with Crippen molar-refractivity contribution < 1.29 is 0 Å². The van der Waals surface area contributed by atoms with Crippen molar-refractivity contribution >= 4 is 0 Å². The largest absolute Gasteiger partial charge is 0.0654 e. The second-order valence-electron chi connectivity index (χ2n) is 4.41. The van der Waals surface area contributed by atoms with E-state index >= 15 is 0 Å². The Morgan fingerprint density at radius 2 is 1.80 bits per heavy atom. The topological polar surface area (TPSA) is 0 Å². The third kappa shape index (κ3) is 4.07. The van der Waals surface area contributed by atoms with Crippen molar-refractivity contribution in [2.45, 2.75) is 52.9 Å². The summed E-state index contributed by atoms with van der Waals surface area (Å²) in [5.41, 5.74) is 2.86. The lowest BCUT2D eigenvalue weighted by atomic mass is 9.92. The van der Waals surface area contributed by atoms with E-state index in [1.165, 1.54) is 43.2 Å². The first kappa shape index (κ1) is 12.3. The molecule has 1 aromatic carbocycles. The van der Waals surface area contributed by atoms with Gasteiger partial charge in [-0.3, -0.25) is 0 Å². The summed E-state index contributed by atoms with van der Waals surface area (Å²) in [4.78, 5) is 0. The molecule has 0 saturated carbocycles. The van der Waals surface area contributed by atoms with Gasteiger partial charge in [-0.1, -0.05) is 63.8 Å². The number of aryl methyl sites for hydroxylation is 1. The highest BCUT2D eigenvalue weighted by atomic mass is 14.1. The van der Waals surface area contributed by atoms with Gasteiger partial charge in [-0.25, -0.2) is 0 Å². The van der Waals surface area contributed by atoms with E-state index in [1.807, 2.05) is 0 Å². The van der Waals surface area contributed by atoms with E-state index in [9.17, 15) is 0 Å². The maximum Gasteiger partial charge on any atom is 0.00216 e. The molecule has 0 unspecified atom stereocenters. The van der Waals surface area contributed by atoms with Crippen molar-refractivity contribution in [1.29, 1.82) is 0 Å². The molecule has 83 valence electrons. The summed E-state index contributed by atoms with van der Waals surface area (Å²) in [6.45, 7) is 6.73. The van der Waals surface area contributed by atoms with Crippen LogP contribution >= 0.6 is 0 Å².